The number of benzene rings is 2. The van der Waals surface area contributed by atoms with Crippen LogP contribution >= 0.6 is 0 Å². The molecule has 2 N–H and O–H groups in total. The van der Waals surface area contributed by atoms with E-state index in [0.717, 1.165) is 29.7 Å². The zero-order valence-electron chi connectivity index (χ0n) is 13.2. The number of nitrogens with one attached hydrogen (secondary N) is 1. The van der Waals surface area contributed by atoms with Crippen molar-refractivity contribution in [2.45, 2.75) is 25.3 Å². The molecule has 1 atom stereocenters. The van der Waals surface area contributed by atoms with Gasteiger partial charge in [0.1, 0.15) is 5.75 Å². The summed E-state index contributed by atoms with van der Waals surface area (Å²) in [5.74, 6) is 0.971. The number of rotatable bonds is 2. The van der Waals surface area contributed by atoms with E-state index in [0.29, 0.717) is 5.56 Å². The van der Waals surface area contributed by atoms with Crippen LogP contribution in [0.5, 0.6) is 5.75 Å². The van der Waals surface area contributed by atoms with Crippen LogP contribution in [-0.2, 0) is 0 Å². The second-order valence-electron chi connectivity index (χ2n) is 6.90. The molecule has 3 saturated heterocycles. The first-order valence-corrected chi connectivity index (χ1v) is 8.43. The van der Waals surface area contributed by atoms with Crippen molar-refractivity contribution in [3.8, 4) is 5.75 Å². The molecular weight excluding hydrogens is 288 g/mol. The zero-order valence-corrected chi connectivity index (χ0v) is 13.2. The first kappa shape index (κ1) is 14.5. The molecule has 0 unspecified atom stereocenters. The van der Waals surface area contributed by atoms with Gasteiger partial charge in [0.05, 0.1) is 0 Å². The second-order valence-corrected chi connectivity index (χ2v) is 6.90. The van der Waals surface area contributed by atoms with E-state index in [1.165, 1.54) is 25.9 Å². The predicted molar refractivity (Wildman–Crippen MR) is 90.6 cm³/mol. The fraction of sp³-hybridized carbons (Fsp3) is 0.421. The van der Waals surface area contributed by atoms with E-state index in [1.807, 2.05) is 24.3 Å². The molecule has 120 valence electrons. The molecule has 3 aliphatic rings. The highest BCUT2D eigenvalue weighted by Crippen LogP contribution is 2.27. The summed E-state index contributed by atoms with van der Waals surface area (Å²) in [4.78, 5) is 15.1. The van der Waals surface area contributed by atoms with Gasteiger partial charge in [-0.15, -0.1) is 0 Å². The molecule has 3 heterocycles. The fourth-order valence-corrected chi connectivity index (χ4v) is 3.94. The minimum absolute atomic E-state index is 0.0113. The number of phenols is 1. The summed E-state index contributed by atoms with van der Waals surface area (Å²) in [5, 5.41) is 14.7. The third kappa shape index (κ3) is 3.04. The number of piperidine rings is 1. The molecule has 2 aromatic carbocycles. The van der Waals surface area contributed by atoms with Crippen LogP contribution in [0.15, 0.2) is 36.4 Å². The Morgan fingerprint density at radius 1 is 1.09 bits per heavy atom. The molecule has 0 saturated carbocycles. The summed E-state index contributed by atoms with van der Waals surface area (Å²) >= 11 is 0. The second kappa shape index (κ2) is 5.85. The Hall–Kier alpha value is -2.07. The highest BCUT2D eigenvalue weighted by molar-refractivity contribution is 5.99. The molecule has 1 amide bonds. The van der Waals surface area contributed by atoms with Gasteiger partial charge in [-0.3, -0.25) is 4.79 Å². The van der Waals surface area contributed by atoms with Gasteiger partial charge in [0.25, 0.3) is 5.91 Å². The molecule has 3 fully saturated rings. The standard InChI is InChI=1S/C19H22N2O2/c22-18-4-3-14-1-2-15(10-16(14)11-18)19(23)20-17-9-13-5-7-21(12-17)8-6-13/h1-4,10-11,13,17,22H,5-9,12H2,(H,20,23)/t17-/m1/s1. The maximum atomic E-state index is 12.6. The lowest BCUT2D eigenvalue weighted by atomic mass is 9.94. The van der Waals surface area contributed by atoms with Gasteiger partial charge in [0.2, 0.25) is 0 Å². The van der Waals surface area contributed by atoms with Gasteiger partial charge in [0, 0.05) is 18.2 Å². The first-order valence-electron chi connectivity index (χ1n) is 8.43. The quantitative estimate of drug-likeness (QED) is 0.897. The van der Waals surface area contributed by atoms with E-state index in [-0.39, 0.29) is 17.7 Å². The average molecular weight is 310 g/mol. The number of fused-ring (bicyclic) bond motifs is 5. The third-order valence-electron chi connectivity index (χ3n) is 5.22. The van der Waals surface area contributed by atoms with Crippen LogP contribution in [0.4, 0.5) is 0 Å². The van der Waals surface area contributed by atoms with Crippen molar-refractivity contribution in [3.63, 3.8) is 0 Å². The molecule has 0 spiro atoms. The van der Waals surface area contributed by atoms with Crippen LogP contribution in [0.25, 0.3) is 10.8 Å². The van der Waals surface area contributed by atoms with E-state index in [4.69, 9.17) is 0 Å². The van der Waals surface area contributed by atoms with Crippen LogP contribution in [0.1, 0.15) is 29.6 Å². The summed E-state index contributed by atoms with van der Waals surface area (Å²) < 4.78 is 0. The minimum Gasteiger partial charge on any atom is -0.508 e. The third-order valence-corrected chi connectivity index (χ3v) is 5.22. The highest BCUT2D eigenvalue weighted by atomic mass is 16.3. The minimum atomic E-state index is -0.0113. The van der Waals surface area contributed by atoms with Crippen LogP contribution in [-0.4, -0.2) is 41.6 Å². The summed E-state index contributed by atoms with van der Waals surface area (Å²) in [6, 6.07) is 11.1. The van der Waals surface area contributed by atoms with Crippen molar-refractivity contribution in [2.75, 3.05) is 19.6 Å². The van der Waals surface area contributed by atoms with Gasteiger partial charge >= 0.3 is 0 Å². The lowest BCUT2D eigenvalue weighted by Gasteiger charge is -2.26. The molecule has 4 nitrogen and oxygen atoms in total. The fourth-order valence-electron chi connectivity index (χ4n) is 3.94. The van der Waals surface area contributed by atoms with E-state index in [1.54, 1.807) is 12.1 Å². The van der Waals surface area contributed by atoms with Crippen LogP contribution in [0.3, 0.4) is 0 Å². The number of carbonyl (C=O) groups excluding carboxylic acids is 1. The normalized spacial score (nSPS) is 26.9. The van der Waals surface area contributed by atoms with Crippen LogP contribution < -0.4 is 5.32 Å². The number of phenolic OH excluding ortho intramolecular Hbond substituents is 1. The molecule has 0 radical (unpaired) electrons. The Bertz CT molecular complexity index is 721. The Balaban J connectivity index is 1.52. The van der Waals surface area contributed by atoms with Gasteiger partial charge in [0.15, 0.2) is 0 Å². The Kier molecular flexibility index (Phi) is 3.69. The van der Waals surface area contributed by atoms with Crippen molar-refractivity contribution >= 4 is 16.7 Å². The molecule has 4 heteroatoms. The predicted octanol–water partition coefficient (Wildman–Crippen LogP) is 2.76. The smallest absolute Gasteiger partial charge is 0.251 e. The molecule has 3 aliphatic heterocycles. The lowest BCUT2D eigenvalue weighted by molar-refractivity contribution is 0.0929. The molecular formula is C19H22N2O2. The van der Waals surface area contributed by atoms with Crippen LogP contribution in [0, 0.1) is 5.92 Å². The largest absolute Gasteiger partial charge is 0.508 e. The topological polar surface area (TPSA) is 52.6 Å². The summed E-state index contributed by atoms with van der Waals surface area (Å²) in [7, 11) is 0. The van der Waals surface area contributed by atoms with Crippen LogP contribution in [0.2, 0.25) is 0 Å². The van der Waals surface area contributed by atoms with Crippen molar-refractivity contribution < 1.29 is 9.90 Å². The molecule has 5 rings (SSSR count). The highest BCUT2D eigenvalue weighted by Gasteiger charge is 2.29. The average Bonchev–Trinajstić information content (AvgIpc) is 2.86. The lowest BCUT2D eigenvalue weighted by Crippen LogP contribution is -2.41. The van der Waals surface area contributed by atoms with Crippen molar-refractivity contribution in [2.24, 2.45) is 5.92 Å². The summed E-state index contributed by atoms with van der Waals surface area (Å²) in [6.45, 7) is 3.31. The number of nitrogens with zero attached hydrogens (tertiary/aromatic N) is 1. The summed E-state index contributed by atoms with van der Waals surface area (Å²) in [6.07, 6.45) is 3.62. The number of hydrogen-bond donors (Lipinski definition) is 2. The van der Waals surface area contributed by atoms with E-state index in [9.17, 15) is 9.90 Å². The number of aromatic hydroxyl groups is 1. The number of hydrogen-bond acceptors (Lipinski definition) is 3. The zero-order chi connectivity index (χ0) is 15.8. The van der Waals surface area contributed by atoms with E-state index in [2.05, 4.69) is 10.2 Å². The molecule has 2 bridgehead atoms. The maximum Gasteiger partial charge on any atom is 0.251 e. The molecule has 0 aliphatic carbocycles. The van der Waals surface area contributed by atoms with Crippen molar-refractivity contribution in [1.29, 1.82) is 0 Å². The Morgan fingerprint density at radius 2 is 1.87 bits per heavy atom. The molecule has 2 aromatic rings. The van der Waals surface area contributed by atoms with Gasteiger partial charge in [-0.25, -0.2) is 0 Å². The van der Waals surface area contributed by atoms with Gasteiger partial charge in [-0.1, -0.05) is 12.1 Å². The Labute approximate surface area is 136 Å². The van der Waals surface area contributed by atoms with Crippen molar-refractivity contribution in [3.05, 3.63) is 42.0 Å². The van der Waals surface area contributed by atoms with E-state index >= 15 is 0 Å². The van der Waals surface area contributed by atoms with Gasteiger partial charge in [-0.05, 0) is 73.3 Å². The monoisotopic (exact) mass is 310 g/mol. The van der Waals surface area contributed by atoms with Gasteiger partial charge in [-0.2, -0.15) is 0 Å². The molecule has 23 heavy (non-hydrogen) atoms. The maximum absolute atomic E-state index is 12.6. The number of amides is 1. The Morgan fingerprint density at radius 3 is 2.70 bits per heavy atom. The first-order chi connectivity index (χ1) is 11.2. The number of carbonyl (C=O) groups is 1. The van der Waals surface area contributed by atoms with Crippen molar-refractivity contribution in [1.82, 2.24) is 10.2 Å². The SMILES string of the molecule is O=C(N[C@@H]1CC2CCN(CC2)C1)c1ccc2ccc(O)cc2c1. The van der Waals surface area contributed by atoms with Gasteiger partial charge < -0.3 is 15.3 Å². The van der Waals surface area contributed by atoms with E-state index < -0.39 is 0 Å². The summed E-state index contributed by atoms with van der Waals surface area (Å²) in [5.41, 5.74) is 0.662. The molecule has 0 aromatic heterocycles.